The van der Waals surface area contributed by atoms with Gasteiger partial charge in [0.1, 0.15) is 0 Å². The monoisotopic (exact) mass is 413 g/mol. The molecule has 31 heavy (non-hydrogen) atoms. The van der Waals surface area contributed by atoms with Gasteiger partial charge in [-0.2, -0.15) is 5.10 Å². The van der Waals surface area contributed by atoms with Crippen molar-refractivity contribution in [1.29, 1.82) is 0 Å². The Morgan fingerprint density at radius 1 is 0.935 bits per heavy atom. The number of nitrogens with zero attached hydrogens (tertiary/aromatic N) is 3. The number of rotatable bonds is 4. The molecule has 0 radical (unpaired) electrons. The van der Waals surface area contributed by atoms with Crippen LogP contribution in [0.25, 0.3) is 10.9 Å². The molecule has 2 aliphatic rings. The van der Waals surface area contributed by atoms with E-state index in [4.69, 9.17) is 9.72 Å². The van der Waals surface area contributed by atoms with Gasteiger partial charge >= 0.3 is 5.97 Å². The second-order valence-electron chi connectivity index (χ2n) is 7.89. The van der Waals surface area contributed by atoms with E-state index >= 15 is 0 Å². The first-order valence-electron chi connectivity index (χ1n) is 10.7. The maximum absolute atomic E-state index is 13.1. The lowest BCUT2D eigenvalue weighted by Gasteiger charge is -2.20. The summed E-state index contributed by atoms with van der Waals surface area (Å²) in [5, 5.41) is 6.61. The molecule has 0 atom stereocenters. The summed E-state index contributed by atoms with van der Waals surface area (Å²) in [6.45, 7) is 0.171. The molecule has 0 unspecified atom stereocenters. The minimum atomic E-state index is -0.462. The van der Waals surface area contributed by atoms with E-state index in [0.717, 1.165) is 59.1 Å². The number of pyridine rings is 1. The highest BCUT2D eigenvalue weighted by atomic mass is 16.5. The van der Waals surface area contributed by atoms with Crippen molar-refractivity contribution in [3.05, 3.63) is 77.0 Å². The van der Waals surface area contributed by atoms with E-state index in [1.165, 1.54) is 5.01 Å². The van der Waals surface area contributed by atoms with Gasteiger partial charge in [-0.25, -0.2) is 9.80 Å². The number of hydrogen-bond donors (Lipinski definition) is 0. The van der Waals surface area contributed by atoms with Crippen LogP contribution in [0, 0.1) is 0 Å². The van der Waals surface area contributed by atoms with E-state index < -0.39 is 5.97 Å². The molecule has 2 heterocycles. The van der Waals surface area contributed by atoms with Crippen LogP contribution in [0.2, 0.25) is 0 Å². The Labute approximate surface area is 180 Å². The number of para-hydroxylation sites is 1. The largest absolute Gasteiger partial charge is 0.452 e. The van der Waals surface area contributed by atoms with E-state index in [-0.39, 0.29) is 12.5 Å². The molecule has 3 aromatic rings. The van der Waals surface area contributed by atoms with Crippen LogP contribution in [0.3, 0.4) is 0 Å². The van der Waals surface area contributed by atoms with Gasteiger partial charge in [-0.1, -0.05) is 48.5 Å². The SMILES string of the molecule is O=C(OCC(=O)N1CCC(c2ccccc2)=N1)c1c2c(nc3ccccc13)CCCC2. The molecular weight excluding hydrogens is 390 g/mol. The molecular formula is C25H23N3O3. The number of carbonyl (C=O) groups excluding carboxylic acids is 2. The Bertz CT molecular complexity index is 1190. The van der Waals surface area contributed by atoms with Crippen molar-refractivity contribution in [3.63, 3.8) is 0 Å². The molecule has 2 aromatic carbocycles. The Balaban J connectivity index is 1.34. The van der Waals surface area contributed by atoms with Crippen LogP contribution in [-0.4, -0.2) is 40.7 Å². The predicted molar refractivity (Wildman–Crippen MR) is 118 cm³/mol. The van der Waals surface area contributed by atoms with Crippen LogP contribution in [0.5, 0.6) is 0 Å². The standard InChI is InChI=1S/C25H23N3O3/c29-23(28-15-14-20(27-28)17-8-2-1-3-9-17)16-31-25(30)24-18-10-4-6-12-21(18)26-22-13-7-5-11-19(22)24/h1-4,6,8-10,12H,5,7,11,13-16H2. The number of benzene rings is 2. The van der Waals surface area contributed by atoms with Gasteiger partial charge in [-0.3, -0.25) is 9.78 Å². The van der Waals surface area contributed by atoms with Crippen LogP contribution >= 0.6 is 0 Å². The number of aryl methyl sites for hydroxylation is 1. The molecule has 6 nitrogen and oxygen atoms in total. The fraction of sp³-hybridized carbons (Fsp3) is 0.280. The van der Waals surface area contributed by atoms with Crippen LogP contribution in [0.4, 0.5) is 0 Å². The number of fused-ring (bicyclic) bond motifs is 2. The molecule has 6 heteroatoms. The Morgan fingerprint density at radius 2 is 1.71 bits per heavy atom. The number of hydrogen-bond acceptors (Lipinski definition) is 5. The smallest absolute Gasteiger partial charge is 0.339 e. The first-order chi connectivity index (χ1) is 15.2. The summed E-state index contributed by atoms with van der Waals surface area (Å²) in [5.74, 6) is -0.775. The highest BCUT2D eigenvalue weighted by molar-refractivity contribution is 6.06. The number of ether oxygens (including phenoxy) is 1. The summed E-state index contributed by atoms with van der Waals surface area (Å²) < 4.78 is 5.49. The first-order valence-corrected chi connectivity index (χ1v) is 10.7. The summed E-state index contributed by atoms with van der Waals surface area (Å²) in [5.41, 5.74) is 5.16. The topological polar surface area (TPSA) is 71.9 Å². The van der Waals surface area contributed by atoms with Crippen molar-refractivity contribution in [3.8, 4) is 0 Å². The fourth-order valence-electron chi connectivity index (χ4n) is 4.35. The van der Waals surface area contributed by atoms with Gasteiger partial charge in [0.05, 0.1) is 23.3 Å². The fourth-order valence-corrected chi connectivity index (χ4v) is 4.35. The Morgan fingerprint density at radius 3 is 2.58 bits per heavy atom. The van der Waals surface area contributed by atoms with E-state index in [2.05, 4.69) is 5.10 Å². The summed E-state index contributed by atoms with van der Waals surface area (Å²) in [6, 6.07) is 17.4. The van der Waals surface area contributed by atoms with Gasteiger partial charge in [0.2, 0.25) is 0 Å². The average Bonchev–Trinajstić information content (AvgIpc) is 3.32. The highest BCUT2D eigenvalue weighted by Gasteiger charge is 2.26. The zero-order valence-electron chi connectivity index (χ0n) is 17.2. The molecule has 0 saturated heterocycles. The van der Waals surface area contributed by atoms with Crippen molar-refractivity contribution >= 4 is 28.5 Å². The Kier molecular flexibility index (Phi) is 5.20. The van der Waals surface area contributed by atoms with Gasteiger partial charge in [-0.05, 0) is 42.9 Å². The Hall–Kier alpha value is -3.54. The lowest BCUT2D eigenvalue weighted by molar-refractivity contribution is -0.134. The third kappa shape index (κ3) is 3.81. The van der Waals surface area contributed by atoms with Crippen LogP contribution in [0.1, 0.15) is 46.4 Å². The lowest BCUT2D eigenvalue weighted by atomic mass is 9.90. The number of carbonyl (C=O) groups is 2. The van der Waals surface area contributed by atoms with Gasteiger partial charge in [0, 0.05) is 17.5 Å². The van der Waals surface area contributed by atoms with Crippen molar-refractivity contribution in [2.45, 2.75) is 32.1 Å². The van der Waals surface area contributed by atoms with Crippen molar-refractivity contribution < 1.29 is 14.3 Å². The van der Waals surface area contributed by atoms with Crippen LogP contribution < -0.4 is 0 Å². The summed E-state index contributed by atoms with van der Waals surface area (Å²) in [7, 11) is 0. The van der Waals surface area contributed by atoms with E-state index in [9.17, 15) is 9.59 Å². The van der Waals surface area contributed by atoms with Crippen molar-refractivity contribution in [2.75, 3.05) is 13.2 Å². The van der Waals surface area contributed by atoms with Gasteiger partial charge in [0.15, 0.2) is 6.61 Å². The van der Waals surface area contributed by atoms with Crippen molar-refractivity contribution in [1.82, 2.24) is 9.99 Å². The number of amides is 1. The predicted octanol–water partition coefficient (Wildman–Crippen LogP) is 3.91. The summed E-state index contributed by atoms with van der Waals surface area (Å²) >= 11 is 0. The summed E-state index contributed by atoms with van der Waals surface area (Å²) in [4.78, 5) is 30.5. The number of hydrazone groups is 1. The van der Waals surface area contributed by atoms with Crippen LogP contribution in [0.15, 0.2) is 59.7 Å². The minimum absolute atomic E-state index is 0.313. The molecule has 0 saturated carbocycles. The average molecular weight is 413 g/mol. The minimum Gasteiger partial charge on any atom is -0.452 e. The molecule has 0 fully saturated rings. The maximum atomic E-state index is 13.1. The first kappa shape index (κ1) is 19.4. The third-order valence-electron chi connectivity index (χ3n) is 5.90. The quantitative estimate of drug-likeness (QED) is 0.608. The molecule has 0 N–H and O–H groups in total. The zero-order valence-corrected chi connectivity index (χ0v) is 17.2. The number of aromatic nitrogens is 1. The van der Waals surface area contributed by atoms with E-state index in [1.54, 1.807) is 0 Å². The maximum Gasteiger partial charge on any atom is 0.339 e. The third-order valence-corrected chi connectivity index (χ3v) is 5.90. The molecule has 1 aromatic heterocycles. The van der Waals surface area contributed by atoms with E-state index in [0.29, 0.717) is 18.5 Å². The molecule has 0 spiro atoms. The second kappa shape index (κ2) is 8.30. The number of esters is 1. The molecule has 1 aliphatic heterocycles. The van der Waals surface area contributed by atoms with Crippen LogP contribution in [-0.2, 0) is 22.4 Å². The normalized spacial score (nSPS) is 15.5. The highest BCUT2D eigenvalue weighted by Crippen LogP contribution is 2.29. The van der Waals surface area contributed by atoms with Gasteiger partial charge in [-0.15, -0.1) is 0 Å². The molecule has 1 aliphatic carbocycles. The summed E-state index contributed by atoms with van der Waals surface area (Å²) in [6.07, 6.45) is 4.46. The molecule has 156 valence electrons. The van der Waals surface area contributed by atoms with Gasteiger partial charge in [0.25, 0.3) is 5.91 Å². The van der Waals surface area contributed by atoms with Gasteiger partial charge < -0.3 is 4.74 Å². The molecule has 0 bridgehead atoms. The van der Waals surface area contributed by atoms with Crippen molar-refractivity contribution in [2.24, 2.45) is 5.10 Å². The molecule has 5 rings (SSSR count). The second-order valence-corrected chi connectivity index (χ2v) is 7.89. The van der Waals surface area contributed by atoms with E-state index in [1.807, 2.05) is 54.6 Å². The lowest BCUT2D eigenvalue weighted by Crippen LogP contribution is -2.29. The molecule has 1 amide bonds. The zero-order chi connectivity index (χ0) is 21.2.